The van der Waals surface area contributed by atoms with E-state index in [-0.39, 0.29) is 65.2 Å². The third-order valence-corrected chi connectivity index (χ3v) is 18.8. The number of ether oxygens (including phenoxy) is 5. The number of aliphatic imine (C=N–C) groups is 3. The number of hydrogen-bond donors (Lipinski definition) is 4. The van der Waals surface area contributed by atoms with Crippen LogP contribution in [0, 0.1) is 32.5 Å². The van der Waals surface area contributed by atoms with Gasteiger partial charge < -0.3 is 59.0 Å². The number of alkyl halides is 9. The number of amidine groups is 3. The number of aliphatic hydroxyl groups excluding tert-OH is 2. The van der Waals surface area contributed by atoms with Gasteiger partial charge in [0.25, 0.3) is 17.7 Å². The number of amides is 4. The summed E-state index contributed by atoms with van der Waals surface area (Å²) in [6.07, 6.45) is -8.03. The highest BCUT2D eigenvalue weighted by molar-refractivity contribution is 8.19. The van der Waals surface area contributed by atoms with Crippen molar-refractivity contribution in [1.29, 1.82) is 0 Å². The Labute approximate surface area is 607 Å². The number of rotatable bonds is 20. The molecule has 0 bridgehead atoms. The van der Waals surface area contributed by atoms with Crippen molar-refractivity contribution in [2.45, 2.75) is 71.6 Å². The highest BCUT2D eigenvalue weighted by Crippen LogP contribution is 2.45. The van der Waals surface area contributed by atoms with Crippen LogP contribution in [0.1, 0.15) is 76.3 Å². The van der Waals surface area contributed by atoms with Crippen LogP contribution >= 0.6 is 35.3 Å². The Kier molecular flexibility index (Phi) is 26.0. The number of hydrogen-bond acceptors (Lipinski definition) is 18. The van der Waals surface area contributed by atoms with Crippen molar-refractivity contribution in [3.8, 4) is 46.0 Å². The van der Waals surface area contributed by atoms with Crippen LogP contribution in [0.5, 0.6) is 46.0 Å². The second-order valence-corrected chi connectivity index (χ2v) is 27.0. The molecule has 6 aromatic carbocycles. The lowest BCUT2D eigenvalue weighted by Gasteiger charge is -2.37. The molecule has 0 radical (unpaired) electrons. The third kappa shape index (κ3) is 21.2. The van der Waals surface area contributed by atoms with Crippen LogP contribution in [-0.2, 0) is 42.5 Å². The summed E-state index contributed by atoms with van der Waals surface area (Å²) in [7, 11) is 2.99. The predicted octanol–water partition coefficient (Wildman–Crippen LogP) is 14.8. The molecule has 3 fully saturated rings. The van der Waals surface area contributed by atoms with Crippen molar-refractivity contribution in [3.05, 3.63) is 180 Å². The van der Waals surface area contributed by atoms with Gasteiger partial charge in [-0.2, -0.15) is 49.5 Å². The summed E-state index contributed by atoms with van der Waals surface area (Å²) < 4.78 is 163. The molecule has 5 aliphatic rings. The molecular weight excluding hydrogens is 1460 g/mol. The van der Waals surface area contributed by atoms with Gasteiger partial charge in [0.05, 0.1) is 63.8 Å². The summed E-state index contributed by atoms with van der Waals surface area (Å²) in [6, 6.07) is 24.1. The zero-order valence-electron chi connectivity index (χ0n) is 56.7. The van der Waals surface area contributed by atoms with E-state index in [4.69, 9.17) is 33.9 Å². The molecule has 20 nitrogen and oxygen atoms in total. The molecule has 0 spiro atoms. The van der Waals surface area contributed by atoms with Crippen molar-refractivity contribution < 1.29 is 107 Å². The Morgan fingerprint density at radius 1 is 0.667 bits per heavy atom. The number of aryl methyl sites for hydroxylation is 3. The summed E-state index contributed by atoms with van der Waals surface area (Å²) in [6.45, 7) is 8.73. The number of halogens is 10. The lowest BCUT2D eigenvalue weighted by atomic mass is 10.0. The van der Waals surface area contributed by atoms with Crippen molar-refractivity contribution in [1.82, 2.24) is 20.0 Å². The highest BCUT2D eigenvalue weighted by atomic mass is 32.2. The summed E-state index contributed by atoms with van der Waals surface area (Å²) in [4.78, 5) is 77.9. The van der Waals surface area contributed by atoms with E-state index in [1.54, 1.807) is 72.9 Å². The van der Waals surface area contributed by atoms with E-state index in [9.17, 15) is 73.0 Å². The van der Waals surface area contributed by atoms with E-state index < -0.39 is 83.2 Å². The lowest BCUT2D eigenvalue weighted by molar-refractivity contribution is -0.145. The van der Waals surface area contributed by atoms with Crippen molar-refractivity contribution >= 4 is 98.6 Å². The number of carbonyl (C=O) groups is 5. The van der Waals surface area contributed by atoms with E-state index in [1.165, 1.54) is 80.8 Å². The molecule has 0 saturated carbocycles. The standard InChI is InChI=1S/C25H23F4N3O3S.C24H21F3N2O5S.C23H23F3N2O5S/c1-15-5-7-19(17(12-15)25(27,28)29)35-20-8-6-16(13-18(20)26)14-21-23(34)31-24(36-21)30-9-3-11-32-10-2-4-22(32)33;1-3-33-19-9-14(10-20-21(30)28-23(35-20)29-11-15(12-29)22(31)32)5-7-18(19)34-17-6-4-13(2)8-16(17)24(25,26)27;1-13-4-6-17(16(8-13)23(24,25)26)33-18-7-5-14(9-19(18)32-3)10-20-21(31)27-22(34-20)28(2)11-15(30)12-29/h5-8,12-14H,2-4,9-11H2,1H3,(H,30,31,34);4-10,15H,3,11-12H2,1-2H3,(H,31,32);4-10,15,29-30H,11-12H2,1-3H3/b21-14-;2*20-10-. The molecule has 0 aliphatic carbocycles. The van der Waals surface area contributed by atoms with Gasteiger partial charge in [0.1, 0.15) is 17.2 Å². The number of nitrogens with one attached hydrogen (secondary N) is 1. The summed E-state index contributed by atoms with van der Waals surface area (Å²) in [5.74, 6) is -4.36. The van der Waals surface area contributed by atoms with Crippen LogP contribution in [0.3, 0.4) is 0 Å². The van der Waals surface area contributed by atoms with Gasteiger partial charge in [-0.3, -0.25) is 29.0 Å². The normalized spacial score (nSPS) is 17.3. The zero-order valence-corrected chi connectivity index (χ0v) is 59.1. The molecule has 3 saturated heterocycles. The molecule has 33 heteroatoms. The van der Waals surface area contributed by atoms with Gasteiger partial charge in [-0.1, -0.05) is 53.1 Å². The SMILES string of the molecule is CCOc1cc(/C=C2\SC(N3CC(C(=O)O)C3)=NC2=O)ccc1Oc1ccc(C)cc1C(F)(F)F.COc1cc(/C=C2\SC(N(C)CC(O)CO)=NC2=O)ccc1Oc1ccc(C)cc1C(F)(F)F.Cc1ccc(Oc2ccc(/C=C3\SC(=NCCCN4CCCC4=O)NC3=O)cc2F)c(C(F)(F)F)c1. The molecule has 556 valence electrons. The van der Waals surface area contributed by atoms with Crippen LogP contribution in [0.2, 0.25) is 0 Å². The number of aliphatic carboxylic acids is 1. The fourth-order valence-electron chi connectivity index (χ4n) is 10.4. The molecular formula is C72H67F10N7O13S3. The molecule has 1 unspecified atom stereocenters. The number of likely N-dealkylation sites (N-methyl/N-ethyl adjacent to an activating group) is 1. The van der Waals surface area contributed by atoms with Crippen LogP contribution < -0.4 is 29.0 Å². The fourth-order valence-corrected chi connectivity index (χ4v) is 13.1. The third-order valence-electron chi connectivity index (χ3n) is 15.7. The molecule has 11 rings (SSSR count). The zero-order chi connectivity index (χ0) is 76.2. The number of thioether (sulfide) groups is 3. The maximum atomic E-state index is 14.7. The van der Waals surface area contributed by atoms with Gasteiger partial charge in [0, 0.05) is 52.7 Å². The number of nitrogens with zero attached hydrogens (tertiary/aromatic N) is 6. The number of carboxylic acids is 1. The van der Waals surface area contributed by atoms with Crippen molar-refractivity contribution in [2.75, 3.05) is 66.6 Å². The van der Waals surface area contributed by atoms with E-state index in [0.29, 0.717) is 103 Å². The molecule has 4 N–H and O–H groups in total. The number of likely N-dealkylation sites (tertiary alicyclic amines) is 2. The van der Waals surface area contributed by atoms with E-state index in [0.717, 1.165) is 78.6 Å². The minimum atomic E-state index is -4.65. The first-order valence-electron chi connectivity index (χ1n) is 32.0. The Hall–Kier alpha value is -9.83. The quantitative estimate of drug-likeness (QED) is 0.0315. The number of carboxylic acid groups (broad SMARTS) is 1. The average molecular weight is 1520 g/mol. The largest absolute Gasteiger partial charge is 0.493 e. The Bertz CT molecular complexity index is 4500. The Morgan fingerprint density at radius 3 is 1.65 bits per heavy atom. The molecule has 105 heavy (non-hydrogen) atoms. The van der Waals surface area contributed by atoms with Crippen LogP contribution in [0.25, 0.3) is 18.2 Å². The summed E-state index contributed by atoms with van der Waals surface area (Å²) in [5.41, 5.74) is -0.0197. The molecule has 5 heterocycles. The number of aliphatic hydroxyl groups is 2. The minimum absolute atomic E-state index is 0.0825. The first-order chi connectivity index (χ1) is 49.7. The van der Waals surface area contributed by atoms with Crippen LogP contribution in [0.15, 0.2) is 139 Å². The van der Waals surface area contributed by atoms with Gasteiger partial charge in [0.15, 0.2) is 50.1 Å². The van der Waals surface area contributed by atoms with E-state index in [2.05, 4.69) is 20.3 Å². The molecule has 5 aliphatic heterocycles. The van der Waals surface area contributed by atoms with Gasteiger partial charge in [0.2, 0.25) is 5.91 Å². The van der Waals surface area contributed by atoms with Crippen molar-refractivity contribution in [3.63, 3.8) is 0 Å². The summed E-state index contributed by atoms with van der Waals surface area (Å²) >= 11 is 3.35. The van der Waals surface area contributed by atoms with Crippen LogP contribution in [-0.4, -0.2) is 148 Å². The number of methoxy groups -OCH3 is 1. The first-order valence-corrected chi connectivity index (χ1v) is 34.5. The lowest BCUT2D eigenvalue weighted by Crippen LogP contribution is -2.51. The highest BCUT2D eigenvalue weighted by Gasteiger charge is 2.40. The van der Waals surface area contributed by atoms with Crippen molar-refractivity contribution in [2.24, 2.45) is 20.9 Å². The predicted molar refractivity (Wildman–Crippen MR) is 377 cm³/mol. The van der Waals surface area contributed by atoms with E-state index >= 15 is 0 Å². The minimum Gasteiger partial charge on any atom is -0.493 e. The van der Waals surface area contributed by atoms with Gasteiger partial charge in [-0.05, 0) is 184 Å². The molecule has 0 aromatic heterocycles. The van der Waals surface area contributed by atoms with Gasteiger partial charge in [-0.15, -0.1) is 0 Å². The summed E-state index contributed by atoms with van der Waals surface area (Å²) in [5, 5.41) is 31.4. The number of benzene rings is 6. The maximum Gasteiger partial charge on any atom is 0.419 e. The maximum absolute atomic E-state index is 14.7. The molecule has 1 atom stereocenters. The smallest absolute Gasteiger partial charge is 0.419 e. The Balaban J connectivity index is 0.000000183. The number of carbonyl (C=O) groups excluding carboxylic acids is 4. The second-order valence-electron chi connectivity index (χ2n) is 23.9. The van der Waals surface area contributed by atoms with Gasteiger partial charge >= 0.3 is 24.5 Å². The van der Waals surface area contributed by atoms with Gasteiger partial charge in [-0.25, -0.2) is 4.39 Å². The molecule has 4 amide bonds. The van der Waals surface area contributed by atoms with Crippen LogP contribution in [0.4, 0.5) is 43.9 Å². The first kappa shape index (κ1) is 79.3. The average Bonchev–Trinajstić information content (AvgIpc) is 1.75. The monoisotopic (exact) mass is 1520 g/mol. The second kappa shape index (κ2) is 34.4. The van der Waals surface area contributed by atoms with E-state index in [1.807, 2.05) is 0 Å². The molecule has 6 aromatic rings. The Morgan fingerprint density at radius 2 is 1.15 bits per heavy atom. The topological polar surface area (TPSA) is 251 Å². The fraction of sp³-hybridized carbons (Fsp3) is 0.306.